The predicted molar refractivity (Wildman–Crippen MR) is 113 cm³/mol. The Morgan fingerprint density at radius 1 is 1.00 bits per heavy atom. The molecule has 1 aliphatic rings. The Morgan fingerprint density at radius 3 is 2.57 bits per heavy atom. The topological polar surface area (TPSA) is 46.3 Å². The maximum Gasteiger partial charge on any atom is 0.155 e. The van der Waals surface area contributed by atoms with Crippen molar-refractivity contribution >= 4 is 17.0 Å². The van der Waals surface area contributed by atoms with Crippen molar-refractivity contribution in [1.29, 1.82) is 0 Å². The Labute approximate surface area is 168 Å². The molecule has 0 spiro atoms. The fraction of sp³-hybridized carbons (Fsp3) is 0.318. The standard InChI is InChI=1S/C22H23N5S/c1-16-2-4-20(28-16)15-26-12-8-18(9-13-26)22-24-21-5-3-19(14-27(21)25-22)17-6-10-23-11-7-17/h2-7,10-11,14,18H,8-9,12-13,15H2,1H3. The van der Waals surface area contributed by atoms with E-state index in [2.05, 4.69) is 47.3 Å². The number of pyridine rings is 2. The molecule has 5 nitrogen and oxygen atoms in total. The summed E-state index contributed by atoms with van der Waals surface area (Å²) in [5.41, 5.74) is 3.20. The Hall–Kier alpha value is -2.57. The van der Waals surface area contributed by atoms with Crippen LogP contribution in [0.5, 0.6) is 0 Å². The summed E-state index contributed by atoms with van der Waals surface area (Å²) >= 11 is 1.91. The molecular weight excluding hydrogens is 366 g/mol. The molecule has 0 aliphatic carbocycles. The van der Waals surface area contributed by atoms with Crippen molar-refractivity contribution in [2.45, 2.75) is 32.2 Å². The number of fused-ring (bicyclic) bond motifs is 1. The number of thiophene rings is 1. The van der Waals surface area contributed by atoms with Gasteiger partial charge >= 0.3 is 0 Å². The second-order valence-corrected chi connectivity index (χ2v) is 8.86. The quantitative estimate of drug-likeness (QED) is 0.514. The third-order valence-corrected chi connectivity index (χ3v) is 6.47. The zero-order chi connectivity index (χ0) is 18.9. The van der Waals surface area contributed by atoms with Gasteiger partial charge in [-0.2, -0.15) is 5.10 Å². The van der Waals surface area contributed by atoms with Crippen molar-refractivity contribution in [3.63, 3.8) is 0 Å². The van der Waals surface area contributed by atoms with Crippen LogP contribution >= 0.6 is 11.3 Å². The molecule has 6 heteroatoms. The third-order valence-electron chi connectivity index (χ3n) is 5.49. The minimum atomic E-state index is 0.450. The summed E-state index contributed by atoms with van der Waals surface area (Å²) in [6.07, 6.45) is 7.95. The zero-order valence-electron chi connectivity index (χ0n) is 16.0. The minimum absolute atomic E-state index is 0.450. The van der Waals surface area contributed by atoms with Gasteiger partial charge in [-0.05, 0) is 74.8 Å². The molecular formula is C22H23N5S. The van der Waals surface area contributed by atoms with Gasteiger partial charge in [0.25, 0.3) is 0 Å². The first-order valence-corrected chi connectivity index (χ1v) is 10.6. The van der Waals surface area contributed by atoms with Gasteiger partial charge < -0.3 is 0 Å². The van der Waals surface area contributed by atoms with Crippen LogP contribution in [0.25, 0.3) is 16.8 Å². The normalized spacial score (nSPS) is 16.0. The van der Waals surface area contributed by atoms with Crippen LogP contribution in [0.3, 0.4) is 0 Å². The predicted octanol–water partition coefficient (Wildman–Crippen LogP) is 4.54. The molecule has 1 aliphatic heterocycles. The molecule has 0 unspecified atom stereocenters. The van der Waals surface area contributed by atoms with Crippen molar-refractivity contribution in [1.82, 2.24) is 24.5 Å². The second kappa shape index (κ2) is 7.45. The van der Waals surface area contributed by atoms with Crippen molar-refractivity contribution in [2.75, 3.05) is 13.1 Å². The average Bonchev–Trinajstić information content (AvgIpc) is 3.34. The van der Waals surface area contributed by atoms with Crippen LogP contribution < -0.4 is 0 Å². The van der Waals surface area contributed by atoms with Crippen LogP contribution in [0.15, 0.2) is 55.0 Å². The fourth-order valence-electron chi connectivity index (χ4n) is 3.93. The Morgan fingerprint density at radius 2 is 1.82 bits per heavy atom. The SMILES string of the molecule is Cc1ccc(CN2CCC(c3nc4ccc(-c5ccncc5)cn4n3)CC2)s1. The summed E-state index contributed by atoms with van der Waals surface area (Å²) in [5, 5.41) is 4.81. The van der Waals surface area contributed by atoms with Gasteiger partial charge in [0.15, 0.2) is 11.5 Å². The van der Waals surface area contributed by atoms with E-state index in [1.54, 1.807) is 0 Å². The van der Waals surface area contributed by atoms with Crippen molar-refractivity contribution in [2.24, 2.45) is 0 Å². The number of rotatable bonds is 4. The lowest BCUT2D eigenvalue weighted by atomic mass is 9.96. The van der Waals surface area contributed by atoms with Crippen molar-refractivity contribution < 1.29 is 0 Å². The van der Waals surface area contributed by atoms with Gasteiger partial charge in [-0.25, -0.2) is 9.50 Å². The first kappa shape index (κ1) is 17.5. The molecule has 0 saturated carbocycles. The van der Waals surface area contributed by atoms with Gasteiger partial charge in [-0.15, -0.1) is 11.3 Å². The molecule has 0 aromatic carbocycles. The highest BCUT2D eigenvalue weighted by Crippen LogP contribution is 2.28. The van der Waals surface area contributed by atoms with Crippen LogP contribution in [-0.4, -0.2) is 37.6 Å². The third kappa shape index (κ3) is 3.57. The highest BCUT2D eigenvalue weighted by molar-refractivity contribution is 7.11. The molecule has 0 N–H and O–H groups in total. The fourth-order valence-corrected chi connectivity index (χ4v) is 4.86. The van der Waals surface area contributed by atoms with E-state index in [0.29, 0.717) is 5.92 Å². The van der Waals surface area contributed by atoms with Gasteiger partial charge in [-0.1, -0.05) is 0 Å². The lowest BCUT2D eigenvalue weighted by Crippen LogP contribution is -2.32. The molecule has 0 radical (unpaired) electrons. The van der Waals surface area contributed by atoms with E-state index in [4.69, 9.17) is 10.1 Å². The van der Waals surface area contributed by atoms with Gasteiger partial charge in [0, 0.05) is 46.4 Å². The summed E-state index contributed by atoms with van der Waals surface area (Å²) in [6, 6.07) is 12.7. The van der Waals surface area contributed by atoms with Crippen LogP contribution in [0.2, 0.25) is 0 Å². The maximum absolute atomic E-state index is 4.81. The van der Waals surface area contributed by atoms with Gasteiger partial charge in [0.2, 0.25) is 0 Å². The highest BCUT2D eigenvalue weighted by atomic mass is 32.1. The summed E-state index contributed by atoms with van der Waals surface area (Å²) in [6.45, 7) is 5.47. The number of piperidine rings is 1. The summed E-state index contributed by atoms with van der Waals surface area (Å²) in [4.78, 5) is 14.3. The van der Waals surface area contributed by atoms with Gasteiger partial charge in [0.1, 0.15) is 0 Å². The van der Waals surface area contributed by atoms with Crippen LogP contribution in [0, 0.1) is 6.92 Å². The molecule has 5 heterocycles. The van der Waals surface area contributed by atoms with Gasteiger partial charge in [0.05, 0.1) is 0 Å². The summed E-state index contributed by atoms with van der Waals surface area (Å²) in [7, 11) is 0. The summed E-state index contributed by atoms with van der Waals surface area (Å²) < 4.78 is 1.92. The van der Waals surface area contributed by atoms with E-state index < -0.39 is 0 Å². The average molecular weight is 390 g/mol. The van der Waals surface area contributed by atoms with Crippen LogP contribution in [0.4, 0.5) is 0 Å². The molecule has 1 fully saturated rings. The lowest BCUT2D eigenvalue weighted by Gasteiger charge is -2.30. The largest absolute Gasteiger partial charge is 0.298 e. The monoisotopic (exact) mass is 389 g/mol. The Kier molecular flexibility index (Phi) is 4.66. The number of nitrogens with zero attached hydrogens (tertiary/aromatic N) is 5. The first-order valence-electron chi connectivity index (χ1n) is 9.79. The van der Waals surface area contributed by atoms with E-state index >= 15 is 0 Å². The second-order valence-electron chi connectivity index (χ2n) is 7.49. The number of aryl methyl sites for hydroxylation is 1. The molecule has 4 aromatic heterocycles. The van der Waals surface area contributed by atoms with Crippen LogP contribution in [0.1, 0.15) is 34.3 Å². The molecule has 0 atom stereocenters. The molecule has 1 saturated heterocycles. The number of hydrogen-bond acceptors (Lipinski definition) is 5. The zero-order valence-corrected chi connectivity index (χ0v) is 16.8. The molecule has 5 rings (SSSR count). The molecule has 4 aromatic rings. The minimum Gasteiger partial charge on any atom is -0.298 e. The van der Waals surface area contributed by atoms with E-state index in [-0.39, 0.29) is 0 Å². The molecule has 142 valence electrons. The van der Waals surface area contributed by atoms with E-state index in [1.165, 1.54) is 9.75 Å². The van der Waals surface area contributed by atoms with Gasteiger partial charge in [-0.3, -0.25) is 9.88 Å². The van der Waals surface area contributed by atoms with E-state index in [1.807, 2.05) is 40.4 Å². The molecule has 28 heavy (non-hydrogen) atoms. The molecule has 0 bridgehead atoms. The lowest BCUT2D eigenvalue weighted by molar-refractivity contribution is 0.203. The highest BCUT2D eigenvalue weighted by Gasteiger charge is 2.24. The van der Waals surface area contributed by atoms with Crippen molar-refractivity contribution in [3.05, 3.63) is 70.6 Å². The number of hydrogen-bond donors (Lipinski definition) is 0. The maximum atomic E-state index is 4.81. The number of likely N-dealkylation sites (tertiary alicyclic amines) is 1. The summed E-state index contributed by atoms with van der Waals surface area (Å²) in [5.74, 6) is 1.43. The van der Waals surface area contributed by atoms with Crippen molar-refractivity contribution in [3.8, 4) is 11.1 Å². The first-order chi connectivity index (χ1) is 13.7. The van der Waals surface area contributed by atoms with Crippen LogP contribution in [-0.2, 0) is 6.54 Å². The Bertz CT molecular complexity index is 1080. The smallest absolute Gasteiger partial charge is 0.155 e. The molecule has 0 amide bonds. The van der Waals surface area contributed by atoms with E-state index in [9.17, 15) is 0 Å². The Balaban J connectivity index is 1.29. The number of aromatic nitrogens is 4. The van der Waals surface area contributed by atoms with E-state index in [0.717, 1.165) is 55.1 Å².